The molecule has 7 nitrogen and oxygen atoms in total. The molecule has 1 saturated heterocycles. The van der Waals surface area contributed by atoms with Crippen LogP contribution in [0.25, 0.3) is 5.76 Å². The van der Waals surface area contributed by atoms with E-state index in [-0.39, 0.29) is 29.1 Å². The number of carbonyl (C=O) groups excluding carboxylic acids is 2. The number of nitrogens with zero attached hydrogens (tertiary/aromatic N) is 2. The molecule has 1 aliphatic rings. The molecule has 156 valence electrons. The molecule has 3 rings (SSSR count). The summed E-state index contributed by atoms with van der Waals surface area (Å²) in [6.07, 6.45) is 3.55. The van der Waals surface area contributed by atoms with Gasteiger partial charge in [-0.15, -0.1) is 0 Å². The minimum absolute atomic E-state index is 0.115. The average Bonchev–Trinajstić information content (AvgIpc) is 3.01. The van der Waals surface area contributed by atoms with Gasteiger partial charge in [-0.05, 0) is 12.5 Å². The maximum atomic E-state index is 12.9. The molecule has 2 aromatic rings. The Morgan fingerprint density at radius 3 is 2.37 bits per heavy atom. The largest absolute Gasteiger partial charge is 0.507 e. The maximum Gasteiger partial charge on any atom is 0.295 e. The van der Waals surface area contributed by atoms with Crippen LogP contribution in [0.5, 0.6) is 0 Å². The molecule has 1 fully saturated rings. The lowest BCUT2D eigenvalue weighted by molar-refractivity contribution is -0.385. The van der Waals surface area contributed by atoms with Crippen LogP contribution < -0.4 is 0 Å². The molecule has 0 spiro atoms. The van der Waals surface area contributed by atoms with E-state index in [2.05, 4.69) is 6.92 Å². The molecule has 0 bridgehead atoms. The van der Waals surface area contributed by atoms with Gasteiger partial charge in [0.15, 0.2) is 0 Å². The quantitative estimate of drug-likeness (QED) is 0.172. The molecule has 0 saturated carbocycles. The van der Waals surface area contributed by atoms with Crippen LogP contribution >= 0.6 is 0 Å². The second-order valence-electron chi connectivity index (χ2n) is 7.24. The van der Waals surface area contributed by atoms with E-state index in [0.29, 0.717) is 12.0 Å². The normalized spacial score (nSPS) is 18.0. The number of benzene rings is 2. The lowest BCUT2D eigenvalue weighted by Crippen LogP contribution is -2.31. The third-order valence-electron chi connectivity index (χ3n) is 5.27. The van der Waals surface area contributed by atoms with Crippen molar-refractivity contribution in [2.24, 2.45) is 0 Å². The third-order valence-corrected chi connectivity index (χ3v) is 5.27. The predicted octanol–water partition coefficient (Wildman–Crippen LogP) is 4.60. The number of carbonyl (C=O) groups is 2. The average molecular weight is 408 g/mol. The summed E-state index contributed by atoms with van der Waals surface area (Å²) >= 11 is 0. The van der Waals surface area contributed by atoms with Gasteiger partial charge in [-0.2, -0.15) is 0 Å². The summed E-state index contributed by atoms with van der Waals surface area (Å²) in [4.78, 5) is 38.2. The zero-order valence-corrected chi connectivity index (χ0v) is 16.8. The van der Waals surface area contributed by atoms with Crippen molar-refractivity contribution in [1.82, 2.24) is 4.90 Å². The number of likely N-dealkylation sites (tertiary alicyclic amines) is 1. The molecule has 1 heterocycles. The number of rotatable bonds is 8. The Bertz CT molecular complexity index is 984. The molecule has 30 heavy (non-hydrogen) atoms. The predicted molar refractivity (Wildman–Crippen MR) is 113 cm³/mol. The first-order chi connectivity index (χ1) is 14.5. The molecule has 1 aliphatic heterocycles. The number of ketones is 1. The van der Waals surface area contributed by atoms with Crippen LogP contribution in [0.1, 0.15) is 49.8 Å². The van der Waals surface area contributed by atoms with E-state index in [0.717, 1.165) is 19.3 Å². The Morgan fingerprint density at radius 1 is 1.03 bits per heavy atom. The number of aliphatic hydroxyl groups excluding tert-OH is 1. The molecule has 0 aromatic heterocycles. The van der Waals surface area contributed by atoms with E-state index in [9.17, 15) is 24.8 Å². The van der Waals surface area contributed by atoms with Gasteiger partial charge in [-0.1, -0.05) is 68.7 Å². The monoisotopic (exact) mass is 408 g/mol. The summed E-state index contributed by atoms with van der Waals surface area (Å²) in [5.74, 6) is -1.89. The van der Waals surface area contributed by atoms with Crippen LogP contribution in [0.4, 0.5) is 5.69 Å². The molecule has 2 aromatic carbocycles. The first-order valence-electron chi connectivity index (χ1n) is 10.0. The summed E-state index contributed by atoms with van der Waals surface area (Å²) in [6.45, 7) is 2.35. The number of hydrogen-bond acceptors (Lipinski definition) is 5. The number of aliphatic hydroxyl groups is 1. The Balaban J connectivity index is 2.14. The highest BCUT2D eigenvalue weighted by Crippen LogP contribution is 2.42. The highest BCUT2D eigenvalue weighted by Gasteiger charge is 2.47. The Labute approximate surface area is 174 Å². The number of Topliss-reactive ketones (excluding diaryl/α,β-unsaturated/α-hetero) is 1. The maximum absolute atomic E-state index is 12.9. The number of para-hydroxylation sites is 1. The van der Waals surface area contributed by atoms with Crippen molar-refractivity contribution >= 4 is 23.1 Å². The molecule has 7 heteroatoms. The summed E-state index contributed by atoms with van der Waals surface area (Å²) in [5.41, 5.74) is 0.289. The molecule has 1 N–H and O–H groups in total. The first-order valence-corrected chi connectivity index (χ1v) is 10.0. The summed E-state index contributed by atoms with van der Waals surface area (Å²) in [6, 6.07) is 13.5. The molecule has 0 aliphatic carbocycles. The zero-order chi connectivity index (χ0) is 21.7. The van der Waals surface area contributed by atoms with Gasteiger partial charge in [0.25, 0.3) is 17.4 Å². The smallest absolute Gasteiger partial charge is 0.295 e. The molecule has 1 atom stereocenters. The number of nitro benzene ring substituents is 1. The van der Waals surface area contributed by atoms with Gasteiger partial charge >= 0.3 is 0 Å². The lowest BCUT2D eigenvalue weighted by atomic mass is 9.94. The van der Waals surface area contributed by atoms with Crippen molar-refractivity contribution in [2.75, 3.05) is 6.54 Å². The van der Waals surface area contributed by atoms with Gasteiger partial charge < -0.3 is 10.0 Å². The number of nitro groups is 1. The first kappa shape index (κ1) is 21.2. The summed E-state index contributed by atoms with van der Waals surface area (Å²) < 4.78 is 0. The SMILES string of the molecule is CCCCCCN1C(=O)C(=O)C(=C(O)c2ccccc2)[C@H]1c1ccccc1[N+](=O)[O-]. The number of unbranched alkanes of at least 4 members (excludes halogenated alkanes) is 3. The highest BCUT2D eigenvalue weighted by molar-refractivity contribution is 6.46. The van der Waals surface area contributed by atoms with Crippen molar-refractivity contribution in [3.05, 3.63) is 81.4 Å². The second-order valence-corrected chi connectivity index (χ2v) is 7.24. The van der Waals surface area contributed by atoms with Gasteiger partial charge in [0.2, 0.25) is 0 Å². The second kappa shape index (κ2) is 9.35. The van der Waals surface area contributed by atoms with Gasteiger partial charge in [0.05, 0.1) is 22.1 Å². The van der Waals surface area contributed by atoms with E-state index >= 15 is 0 Å². The van der Waals surface area contributed by atoms with E-state index in [1.807, 2.05) is 0 Å². The number of amides is 1. The van der Waals surface area contributed by atoms with Crippen LogP contribution in [-0.2, 0) is 9.59 Å². The minimum Gasteiger partial charge on any atom is -0.507 e. The summed E-state index contributed by atoms with van der Waals surface area (Å²) in [7, 11) is 0. The van der Waals surface area contributed by atoms with Crippen LogP contribution in [-0.4, -0.2) is 33.2 Å². The van der Waals surface area contributed by atoms with Crippen LogP contribution in [0.3, 0.4) is 0 Å². The van der Waals surface area contributed by atoms with Crippen LogP contribution in [0.2, 0.25) is 0 Å². The van der Waals surface area contributed by atoms with Crippen molar-refractivity contribution in [1.29, 1.82) is 0 Å². The third kappa shape index (κ3) is 4.10. The highest BCUT2D eigenvalue weighted by atomic mass is 16.6. The molecule has 0 unspecified atom stereocenters. The zero-order valence-electron chi connectivity index (χ0n) is 16.8. The van der Waals surface area contributed by atoms with Gasteiger partial charge in [0.1, 0.15) is 5.76 Å². The van der Waals surface area contributed by atoms with Gasteiger partial charge in [-0.3, -0.25) is 19.7 Å². The lowest BCUT2D eigenvalue weighted by Gasteiger charge is -2.25. The van der Waals surface area contributed by atoms with Crippen LogP contribution in [0, 0.1) is 10.1 Å². The molecular weight excluding hydrogens is 384 g/mol. The van der Waals surface area contributed by atoms with Crippen molar-refractivity contribution in [2.45, 2.75) is 38.6 Å². The molecular formula is C23H24N2O5. The Hall–Kier alpha value is -3.48. The van der Waals surface area contributed by atoms with E-state index in [4.69, 9.17) is 0 Å². The van der Waals surface area contributed by atoms with E-state index in [1.165, 1.54) is 23.1 Å². The fraction of sp³-hybridized carbons (Fsp3) is 0.304. The van der Waals surface area contributed by atoms with Crippen molar-refractivity contribution in [3.8, 4) is 0 Å². The van der Waals surface area contributed by atoms with Gasteiger partial charge in [-0.25, -0.2) is 0 Å². The van der Waals surface area contributed by atoms with E-state index < -0.39 is 22.7 Å². The molecule has 0 radical (unpaired) electrons. The fourth-order valence-corrected chi connectivity index (χ4v) is 3.78. The van der Waals surface area contributed by atoms with E-state index in [1.54, 1.807) is 36.4 Å². The summed E-state index contributed by atoms with van der Waals surface area (Å²) in [5, 5.41) is 22.5. The van der Waals surface area contributed by atoms with Gasteiger partial charge in [0, 0.05) is 18.2 Å². The Morgan fingerprint density at radius 2 is 1.70 bits per heavy atom. The van der Waals surface area contributed by atoms with Crippen molar-refractivity contribution in [3.63, 3.8) is 0 Å². The van der Waals surface area contributed by atoms with Crippen molar-refractivity contribution < 1.29 is 19.6 Å². The van der Waals surface area contributed by atoms with Crippen LogP contribution in [0.15, 0.2) is 60.2 Å². The fourth-order valence-electron chi connectivity index (χ4n) is 3.78. The molecule has 1 amide bonds. The minimum atomic E-state index is -1.01. The number of hydrogen-bond donors (Lipinski definition) is 1. The topological polar surface area (TPSA) is 101 Å². The Kier molecular flexibility index (Phi) is 6.61. The standard InChI is InChI=1S/C23H24N2O5/c1-2-3-4-10-15-24-20(17-13-8-9-14-18(17)25(29)30)19(22(27)23(24)28)21(26)16-11-6-5-7-12-16/h5-9,11-14,20,26H,2-4,10,15H2,1H3/t20-/m1/s1.